The van der Waals surface area contributed by atoms with Crippen molar-refractivity contribution in [3.63, 3.8) is 0 Å². The first kappa shape index (κ1) is 19.7. The maximum Gasteiger partial charge on any atom is 0.181 e. The van der Waals surface area contributed by atoms with Crippen LogP contribution in [0.25, 0.3) is 33.4 Å². The number of pyridine rings is 1. The van der Waals surface area contributed by atoms with Crippen LogP contribution in [0.5, 0.6) is 11.5 Å². The van der Waals surface area contributed by atoms with Gasteiger partial charge >= 0.3 is 0 Å². The molecule has 2 aromatic carbocycles. The molecule has 30 heavy (non-hydrogen) atoms. The van der Waals surface area contributed by atoms with Crippen LogP contribution in [0.15, 0.2) is 48.7 Å². The van der Waals surface area contributed by atoms with E-state index in [2.05, 4.69) is 44.8 Å². The van der Waals surface area contributed by atoms with Gasteiger partial charge in [-0.15, -0.1) is 0 Å². The molecule has 7 nitrogen and oxygen atoms in total. The number of benzene rings is 2. The minimum Gasteiger partial charge on any atom is -0.493 e. The second-order valence-corrected chi connectivity index (χ2v) is 6.94. The molecule has 0 aliphatic rings. The Bertz CT molecular complexity index is 1190. The molecule has 154 valence electrons. The molecule has 0 spiro atoms. The van der Waals surface area contributed by atoms with Crippen molar-refractivity contribution in [1.82, 2.24) is 15.2 Å². The molecule has 0 fully saturated rings. The Morgan fingerprint density at radius 2 is 1.77 bits per heavy atom. The average molecular weight is 404 g/mol. The van der Waals surface area contributed by atoms with Gasteiger partial charge in [-0.2, -0.15) is 5.10 Å². The molecule has 2 heterocycles. The van der Waals surface area contributed by atoms with Gasteiger partial charge in [0, 0.05) is 34.9 Å². The Morgan fingerprint density at radius 3 is 2.53 bits per heavy atom. The summed E-state index contributed by atoms with van der Waals surface area (Å²) in [4.78, 5) is 4.54. The van der Waals surface area contributed by atoms with E-state index in [1.165, 1.54) is 0 Å². The Kier molecular flexibility index (Phi) is 5.54. The highest BCUT2D eigenvalue weighted by molar-refractivity contribution is 5.93. The van der Waals surface area contributed by atoms with Gasteiger partial charge in [-0.1, -0.05) is 12.1 Å². The van der Waals surface area contributed by atoms with E-state index in [9.17, 15) is 0 Å². The number of hydrogen-bond donors (Lipinski definition) is 3. The number of methoxy groups -OCH3 is 2. The standard InChI is InChI=1S/C23H24N4O3/c1-14-4-5-15(11-19(14)24-8-9-28)17-10-18-22(26-27-23(18)25-13-17)16-6-7-20(29-2)21(12-16)30-3/h4-7,10-13,24,28H,8-9H2,1-3H3,(H,25,26,27). The number of aliphatic hydroxyl groups excluding tert-OH is 1. The van der Waals surface area contributed by atoms with E-state index in [1.54, 1.807) is 14.2 Å². The molecule has 0 aliphatic carbocycles. The molecule has 2 aromatic heterocycles. The molecule has 0 unspecified atom stereocenters. The van der Waals surface area contributed by atoms with Gasteiger partial charge in [0.1, 0.15) is 0 Å². The normalized spacial score (nSPS) is 10.9. The maximum atomic E-state index is 9.11. The van der Waals surface area contributed by atoms with Crippen LogP contribution in [0, 0.1) is 6.92 Å². The Hall–Kier alpha value is -3.58. The fraction of sp³-hybridized carbons (Fsp3) is 0.217. The van der Waals surface area contributed by atoms with Crippen LogP contribution in [0.1, 0.15) is 5.56 Å². The highest BCUT2D eigenvalue weighted by Gasteiger charge is 2.13. The molecular weight excluding hydrogens is 380 g/mol. The highest BCUT2D eigenvalue weighted by atomic mass is 16.5. The molecule has 0 radical (unpaired) electrons. The summed E-state index contributed by atoms with van der Waals surface area (Å²) in [6, 6.07) is 14.0. The van der Waals surface area contributed by atoms with E-state index in [1.807, 2.05) is 31.3 Å². The number of H-pyrrole nitrogens is 1. The average Bonchev–Trinajstić information content (AvgIpc) is 3.21. The van der Waals surface area contributed by atoms with Gasteiger partial charge < -0.3 is 19.9 Å². The second kappa shape index (κ2) is 8.42. The van der Waals surface area contributed by atoms with Crippen molar-refractivity contribution in [2.45, 2.75) is 6.92 Å². The summed E-state index contributed by atoms with van der Waals surface area (Å²) in [5.41, 5.74) is 6.58. The van der Waals surface area contributed by atoms with E-state index >= 15 is 0 Å². The van der Waals surface area contributed by atoms with Crippen LogP contribution in [0.4, 0.5) is 5.69 Å². The Balaban J connectivity index is 1.77. The van der Waals surface area contributed by atoms with Crippen LogP contribution in [-0.4, -0.2) is 47.7 Å². The lowest BCUT2D eigenvalue weighted by molar-refractivity contribution is 0.311. The SMILES string of the molecule is COc1ccc(-c2[nH]nc3ncc(-c4ccc(C)c(NCCO)c4)cc23)cc1OC. The van der Waals surface area contributed by atoms with Gasteiger partial charge in [-0.25, -0.2) is 4.98 Å². The first-order chi connectivity index (χ1) is 14.6. The number of fused-ring (bicyclic) bond motifs is 1. The third kappa shape index (κ3) is 3.67. The van der Waals surface area contributed by atoms with Crippen molar-refractivity contribution < 1.29 is 14.6 Å². The molecule has 4 rings (SSSR count). The summed E-state index contributed by atoms with van der Waals surface area (Å²) in [5.74, 6) is 1.33. The minimum absolute atomic E-state index is 0.0842. The second-order valence-electron chi connectivity index (χ2n) is 6.94. The zero-order chi connectivity index (χ0) is 21.1. The molecule has 0 amide bonds. The van der Waals surface area contributed by atoms with Gasteiger partial charge in [0.25, 0.3) is 0 Å². The Labute approximate surface area is 174 Å². The lowest BCUT2D eigenvalue weighted by Gasteiger charge is -2.11. The number of aliphatic hydroxyl groups is 1. The number of rotatable bonds is 7. The number of aryl methyl sites for hydroxylation is 1. The molecule has 0 saturated heterocycles. The molecule has 3 N–H and O–H groups in total. The van der Waals surface area contributed by atoms with Crippen LogP contribution in [0.2, 0.25) is 0 Å². The monoisotopic (exact) mass is 404 g/mol. The van der Waals surface area contributed by atoms with Gasteiger partial charge in [-0.05, 0) is 48.4 Å². The fourth-order valence-corrected chi connectivity index (χ4v) is 3.45. The number of anilines is 1. The lowest BCUT2D eigenvalue weighted by atomic mass is 10.0. The van der Waals surface area contributed by atoms with Crippen molar-refractivity contribution in [1.29, 1.82) is 0 Å². The van der Waals surface area contributed by atoms with E-state index in [-0.39, 0.29) is 6.61 Å². The van der Waals surface area contributed by atoms with Crippen LogP contribution in [0.3, 0.4) is 0 Å². The van der Waals surface area contributed by atoms with Crippen molar-refractivity contribution in [3.05, 3.63) is 54.2 Å². The predicted molar refractivity (Wildman–Crippen MR) is 118 cm³/mol. The minimum atomic E-state index is 0.0842. The molecule has 0 atom stereocenters. The van der Waals surface area contributed by atoms with Gasteiger partial charge in [0.05, 0.1) is 26.5 Å². The van der Waals surface area contributed by atoms with Crippen LogP contribution in [-0.2, 0) is 0 Å². The zero-order valence-corrected chi connectivity index (χ0v) is 17.2. The first-order valence-corrected chi connectivity index (χ1v) is 9.67. The zero-order valence-electron chi connectivity index (χ0n) is 17.2. The van der Waals surface area contributed by atoms with Gasteiger partial charge in [-0.3, -0.25) is 5.10 Å². The largest absolute Gasteiger partial charge is 0.493 e. The Morgan fingerprint density at radius 1 is 0.967 bits per heavy atom. The maximum absolute atomic E-state index is 9.11. The number of hydrogen-bond acceptors (Lipinski definition) is 6. The summed E-state index contributed by atoms with van der Waals surface area (Å²) >= 11 is 0. The molecular formula is C23H24N4O3. The summed E-state index contributed by atoms with van der Waals surface area (Å²) in [7, 11) is 3.23. The highest BCUT2D eigenvalue weighted by Crippen LogP contribution is 2.35. The van der Waals surface area contributed by atoms with E-state index < -0.39 is 0 Å². The summed E-state index contributed by atoms with van der Waals surface area (Å²) in [5, 5.41) is 20.7. The number of aromatic nitrogens is 3. The number of aromatic amines is 1. The molecule has 7 heteroatoms. The lowest BCUT2D eigenvalue weighted by Crippen LogP contribution is -2.06. The predicted octanol–water partition coefficient (Wildman–Crippen LogP) is 4.02. The van der Waals surface area contributed by atoms with Crippen LogP contribution >= 0.6 is 0 Å². The van der Waals surface area contributed by atoms with Crippen molar-refractivity contribution in [3.8, 4) is 33.9 Å². The quantitative estimate of drug-likeness (QED) is 0.431. The molecule has 0 bridgehead atoms. The van der Waals surface area contributed by atoms with E-state index in [4.69, 9.17) is 14.6 Å². The fourth-order valence-electron chi connectivity index (χ4n) is 3.45. The topological polar surface area (TPSA) is 92.3 Å². The molecule has 0 aliphatic heterocycles. The third-order valence-electron chi connectivity index (χ3n) is 5.08. The molecule has 4 aromatic rings. The van der Waals surface area contributed by atoms with Crippen molar-refractivity contribution >= 4 is 16.7 Å². The molecule has 0 saturated carbocycles. The summed E-state index contributed by atoms with van der Waals surface area (Å²) < 4.78 is 10.8. The number of ether oxygens (including phenoxy) is 2. The first-order valence-electron chi connectivity index (χ1n) is 9.67. The third-order valence-corrected chi connectivity index (χ3v) is 5.08. The van der Waals surface area contributed by atoms with Gasteiger partial charge in [0.2, 0.25) is 0 Å². The van der Waals surface area contributed by atoms with E-state index in [0.29, 0.717) is 23.7 Å². The number of nitrogens with zero attached hydrogens (tertiary/aromatic N) is 2. The van der Waals surface area contributed by atoms with Crippen LogP contribution < -0.4 is 14.8 Å². The van der Waals surface area contributed by atoms with E-state index in [0.717, 1.165) is 39.0 Å². The summed E-state index contributed by atoms with van der Waals surface area (Å²) in [6.45, 7) is 2.63. The summed E-state index contributed by atoms with van der Waals surface area (Å²) in [6.07, 6.45) is 1.82. The number of nitrogens with one attached hydrogen (secondary N) is 2. The van der Waals surface area contributed by atoms with Crippen molar-refractivity contribution in [2.24, 2.45) is 0 Å². The smallest absolute Gasteiger partial charge is 0.181 e. The van der Waals surface area contributed by atoms with Gasteiger partial charge in [0.15, 0.2) is 17.1 Å². The van der Waals surface area contributed by atoms with Crippen molar-refractivity contribution in [2.75, 3.05) is 32.7 Å².